The van der Waals surface area contributed by atoms with Crippen molar-refractivity contribution < 1.29 is 38.9 Å². The molecule has 10 heteroatoms. The van der Waals surface area contributed by atoms with Crippen molar-refractivity contribution in [3.05, 3.63) is 126 Å². The first-order valence-corrected chi connectivity index (χ1v) is 20.0. The van der Waals surface area contributed by atoms with Crippen LogP contribution >= 0.6 is 0 Å². The zero-order valence-electron chi connectivity index (χ0n) is 32.7. The highest BCUT2D eigenvalue weighted by molar-refractivity contribution is 6.04. The third kappa shape index (κ3) is 7.99. The number of aliphatic hydroxyl groups is 2. The largest absolute Gasteiger partial charge is 0.459 e. The number of fused-ring (bicyclic) bond motifs is 3. The molecule has 6 unspecified atom stereocenters. The molecular weight excluding hydrogens is 721 g/mol. The van der Waals surface area contributed by atoms with Crippen LogP contribution in [-0.4, -0.2) is 78.8 Å². The Morgan fingerprint density at radius 2 is 1.72 bits per heavy atom. The van der Waals surface area contributed by atoms with Gasteiger partial charge in [0, 0.05) is 49.3 Å². The van der Waals surface area contributed by atoms with Crippen LogP contribution in [0, 0.1) is 17.8 Å². The van der Waals surface area contributed by atoms with Gasteiger partial charge in [0.2, 0.25) is 5.79 Å². The molecular formula is C47H52N2O8. The highest BCUT2D eigenvalue weighted by Crippen LogP contribution is 2.62. The monoisotopic (exact) mass is 772 g/mol. The van der Waals surface area contributed by atoms with Crippen LogP contribution < -0.4 is 9.47 Å². The van der Waals surface area contributed by atoms with E-state index in [1.165, 1.54) is 7.11 Å². The lowest BCUT2D eigenvalue weighted by Gasteiger charge is -2.59. The summed E-state index contributed by atoms with van der Waals surface area (Å²) in [4.78, 5) is 33.5. The van der Waals surface area contributed by atoms with E-state index in [1.807, 2.05) is 66.7 Å². The summed E-state index contributed by atoms with van der Waals surface area (Å²) in [7, 11) is 3.34. The number of aldehydes is 1. The fourth-order valence-electron chi connectivity index (χ4n) is 9.36. The lowest BCUT2D eigenvalue weighted by Crippen LogP contribution is -2.69. The average Bonchev–Trinajstić information content (AvgIpc) is 3.24. The van der Waals surface area contributed by atoms with Gasteiger partial charge in [-0.25, -0.2) is 0 Å². The normalized spacial score (nSPS) is 24.1. The molecule has 0 radical (unpaired) electrons. The number of likely N-dealkylation sites (N-methyl/N-ethyl adjacent to an activating group) is 1. The van der Waals surface area contributed by atoms with Crippen LogP contribution in [-0.2, 0) is 9.57 Å². The number of oxime groups is 1. The Bertz CT molecular complexity index is 2150. The summed E-state index contributed by atoms with van der Waals surface area (Å²) >= 11 is 0. The number of rotatable bonds is 17. The Morgan fingerprint density at radius 3 is 2.47 bits per heavy atom. The number of carbonyl (C=O) groups is 2. The summed E-state index contributed by atoms with van der Waals surface area (Å²) in [6, 6.07) is 25.9. The van der Waals surface area contributed by atoms with E-state index in [2.05, 4.69) is 17.8 Å². The molecule has 4 aromatic rings. The highest BCUT2D eigenvalue weighted by atomic mass is 16.7. The van der Waals surface area contributed by atoms with Crippen molar-refractivity contribution in [1.82, 2.24) is 4.90 Å². The number of benzene rings is 4. The summed E-state index contributed by atoms with van der Waals surface area (Å²) in [5.41, 5.74) is 3.67. The first-order chi connectivity index (χ1) is 27.8. The van der Waals surface area contributed by atoms with Gasteiger partial charge in [-0.15, -0.1) is 6.58 Å². The molecule has 2 N–H and O–H groups in total. The second kappa shape index (κ2) is 17.9. The lowest BCUT2D eigenvalue weighted by molar-refractivity contribution is -0.252. The minimum atomic E-state index is -1.36. The third-order valence-corrected chi connectivity index (χ3v) is 11.9. The van der Waals surface area contributed by atoms with Crippen LogP contribution in [0.15, 0.2) is 114 Å². The van der Waals surface area contributed by atoms with Crippen molar-refractivity contribution in [3.63, 3.8) is 0 Å². The van der Waals surface area contributed by atoms with Crippen LogP contribution in [0.3, 0.4) is 0 Å². The molecule has 1 amide bonds. The van der Waals surface area contributed by atoms with Gasteiger partial charge >= 0.3 is 0 Å². The molecule has 0 saturated heterocycles. The molecule has 4 aromatic carbocycles. The number of allylic oxidation sites excluding steroid dienone is 1. The molecule has 57 heavy (non-hydrogen) atoms. The molecule has 0 aromatic heterocycles. The minimum Gasteiger partial charge on any atom is -0.459 e. The average molecular weight is 773 g/mol. The summed E-state index contributed by atoms with van der Waals surface area (Å²) in [5, 5.41) is 26.3. The van der Waals surface area contributed by atoms with Gasteiger partial charge in [-0.3, -0.25) is 9.59 Å². The SMILES string of the molecule is C=CCOC12Oc3ccc(Oc4cccc(C=O)c4)cc3C3C(CCCCO)C(CCCCO)C=C(C(=NOC)CC1N(C)C(=O)c1ccc4ccccc4c1)C32. The molecule has 1 saturated carbocycles. The fraction of sp³-hybridized carbons (Fsp3) is 0.383. The molecule has 3 aliphatic rings. The molecule has 1 heterocycles. The van der Waals surface area contributed by atoms with Crippen molar-refractivity contribution >= 4 is 28.7 Å². The standard InChI is InChI=1S/C47H52N2O8/c1-4-24-55-47-43(49(2)46(53)35-19-18-32-13-5-6-14-33(32)26-35)29-41(48-54-3)39-27-34(15-7-9-22-50)38(17-8-10-23-51)44(45(39)47)40-28-37(20-21-42(40)57-47)56-36-16-11-12-31(25-36)30-52/h4-6,11-14,16,18-21,25-28,30,34,38,43-45,50-51H,1,7-10,15,17,22-24,29H2,2-3H3. The van der Waals surface area contributed by atoms with E-state index in [0.717, 1.165) is 59.6 Å². The Morgan fingerprint density at radius 1 is 0.947 bits per heavy atom. The van der Waals surface area contributed by atoms with E-state index >= 15 is 0 Å². The summed E-state index contributed by atoms with van der Waals surface area (Å²) in [6.07, 6.45) is 9.75. The van der Waals surface area contributed by atoms with Gasteiger partial charge in [0.25, 0.3) is 5.91 Å². The van der Waals surface area contributed by atoms with E-state index in [9.17, 15) is 19.8 Å². The molecule has 6 atom stereocenters. The number of carbonyl (C=O) groups excluding carboxylic acids is 2. The van der Waals surface area contributed by atoms with E-state index < -0.39 is 17.7 Å². The van der Waals surface area contributed by atoms with E-state index in [4.69, 9.17) is 19.0 Å². The van der Waals surface area contributed by atoms with Crippen LogP contribution in [0.4, 0.5) is 0 Å². The fourth-order valence-corrected chi connectivity index (χ4v) is 9.36. The maximum Gasteiger partial charge on any atom is 0.254 e. The summed E-state index contributed by atoms with van der Waals surface area (Å²) in [5.74, 6) is -0.272. The van der Waals surface area contributed by atoms with Crippen molar-refractivity contribution in [2.45, 2.75) is 62.7 Å². The lowest BCUT2D eigenvalue weighted by atomic mass is 9.55. The van der Waals surface area contributed by atoms with E-state index in [0.29, 0.717) is 47.6 Å². The first kappa shape index (κ1) is 39.9. The van der Waals surface area contributed by atoms with Gasteiger partial charge in [-0.2, -0.15) is 0 Å². The number of hydrogen-bond donors (Lipinski definition) is 2. The number of ether oxygens (including phenoxy) is 3. The van der Waals surface area contributed by atoms with E-state index in [-0.39, 0.29) is 43.5 Å². The number of amides is 1. The predicted octanol–water partition coefficient (Wildman–Crippen LogP) is 8.48. The zero-order chi connectivity index (χ0) is 39.9. The molecule has 0 bridgehead atoms. The Labute approximate surface area is 334 Å². The van der Waals surface area contributed by atoms with Crippen LogP contribution in [0.1, 0.15) is 77.1 Å². The van der Waals surface area contributed by atoms with Crippen molar-refractivity contribution in [1.29, 1.82) is 0 Å². The number of nitrogens with zero attached hydrogens (tertiary/aromatic N) is 2. The van der Waals surface area contributed by atoms with Gasteiger partial charge in [-0.1, -0.05) is 72.6 Å². The van der Waals surface area contributed by atoms with Crippen LogP contribution in [0.5, 0.6) is 17.2 Å². The second-order valence-corrected chi connectivity index (χ2v) is 15.2. The minimum absolute atomic E-state index is 0.0658. The Balaban J connectivity index is 1.41. The summed E-state index contributed by atoms with van der Waals surface area (Å²) < 4.78 is 20.6. The number of hydrogen-bond acceptors (Lipinski definition) is 9. The Kier molecular flexibility index (Phi) is 12.5. The number of aliphatic hydroxyl groups excluding tert-OH is 2. The quantitative estimate of drug-likeness (QED) is 0.0474. The molecule has 298 valence electrons. The van der Waals surface area contributed by atoms with Crippen molar-refractivity contribution in [2.24, 2.45) is 22.9 Å². The molecule has 1 aliphatic heterocycles. The molecule has 0 spiro atoms. The third-order valence-electron chi connectivity index (χ3n) is 11.9. The molecule has 1 fully saturated rings. The topological polar surface area (TPSA) is 127 Å². The zero-order valence-corrected chi connectivity index (χ0v) is 32.7. The molecule has 10 nitrogen and oxygen atoms in total. The second-order valence-electron chi connectivity index (χ2n) is 15.2. The molecule has 7 rings (SSSR count). The maximum absolute atomic E-state index is 14.7. The maximum atomic E-state index is 14.7. The van der Waals surface area contributed by atoms with Gasteiger partial charge < -0.3 is 34.2 Å². The number of unbranched alkanes of at least 4 members (excludes halogenated alkanes) is 2. The smallest absolute Gasteiger partial charge is 0.254 e. The first-order valence-electron chi connectivity index (χ1n) is 20.0. The van der Waals surface area contributed by atoms with Crippen molar-refractivity contribution in [2.75, 3.05) is 34.0 Å². The van der Waals surface area contributed by atoms with Gasteiger partial charge in [0.15, 0.2) is 0 Å². The van der Waals surface area contributed by atoms with Crippen molar-refractivity contribution in [3.8, 4) is 17.2 Å². The highest BCUT2D eigenvalue weighted by Gasteiger charge is 2.65. The Hall–Kier alpha value is -5.29. The molecule has 2 aliphatic carbocycles. The van der Waals surface area contributed by atoms with Gasteiger partial charge in [0.1, 0.15) is 36.7 Å². The van der Waals surface area contributed by atoms with Gasteiger partial charge in [0.05, 0.1) is 18.2 Å². The predicted molar refractivity (Wildman–Crippen MR) is 220 cm³/mol. The van der Waals surface area contributed by atoms with Crippen LogP contribution in [0.2, 0.25) is 0 Å². The van der Waals surface area contributed by atoms with Crippen LogP contribution in [0.25, 0.3) is 10.8 Å². The summed E-state index contributed by atoms with van der Waals surface area (Å²) in [6.45, 7) is 4.37. The van der Waals surface area contributed by atoms with Gasteiger partial charge in [-0.05, 0) is 96.3 Å². The van der Waals surface area contributed by atoms with E-state index in [1.54, 1.807) is 36.2 Å².